The van der Waals surface area contributed by atoms with Crippen LogP contribution in [0.25, 0.3) is 0 Å². The van der Waals surface area contributed by atoms with Crippen molar-refractivity contribution in [2.45, 2.75) is 18.3 Å². The van der Waals surface area contributed by atoms with Crippen molar-refractivity contribution in [2.24, 2.45) is 0 Å². The average Bonchev–Trinajstić information content (AvgIpc) is 2.13. The molecular weight excluding hydrogens is 136 g/mol. The molecule has 2 rings (SSSR count). The van der Waals surface area contributed by atoms with E-state index in [9.17, 15) is 9.90 Å². The lowest BCUT2D eigenvalue weighted by atomic mass is 10.1. The van der Waals surface area contributed by atoms with E-state index in [2.05, 4.69) is 0 Å². The van der Waals surface area contributed by atoms with Crippen LogP contribution >= 0.6 is 0 Å². The topological polar surface area (TPSA) is 55.8 Å². The highest BCUT2D eigenvalue weighted by molar-refractivity contribution is 5.86. The quantitative estimate of drug-likeness (QED) is 0.459. The van der Waals surface area contributed by atoms with E-state index in [4.69, 9.17) is 9.47 Å². The van der Waals surface area contributed by atoms with Crippen molar-refractivity contribution in [3.05, 3.63) is 0 Å². The van der Waals surface area contributed by atoms with Gasteiger partial charge in [0.2, 0.25) is 0 Å². The highest BCUT2D eigenvalue weighted by Gasteiger charge is 2.45. The van der Waals surface area contributed by atoms with Gasteiger partial charge < -0.3 is 14.6 Å². The predicted molar refractivity (Wildman–Crippen MR) is 30.5 cm³/mol. The van der Waals surface area contributed by atoms with Crippen molar-refractivity contribution < 1.29 is 19.4 Å². The Balaban J connectivity index is 2.20. The third kappa shape index (κ3) is 0.697. The van der Waals surface area contributed by atoms with E-state index in [1.54, 1.807) is 0 Å². The van der Waals surface area contributed by atoms with Gasteiger partial charge in [0.25, 0.3) is 0 Å². The number of carbonyl (C=O) groups excluding carboxylic acids is 1. The van der Waals surface area contributed by atoms with Crippen LogP contribution in [0.5, 0.6) is 0 Å². The van der Waals surface area contributed by atoms with Gasteiger partial charge in [0, 0.05) is 0 Å². The molecule has 0 radical (unpaired) electrons. The number of aliphatic hydroxyl groups is 1. The predicted octanol–water partition coefficient (Wildman–Crippen LogP) is -1.29. The number of hydrogen-bond donors (Lipinski definition) is 1. The number of hydrogen-bond acceptors (Lipinski definition) is 4. The molecule has 4 heteroatoms. The fourth-order valence-corrected chi connectivity index (χ4v) is 1.29. The Labute approximate surface area is 57.7 Å². The van der Waals surface area contributed by atoms with Gasteiger partial charge in [-0.15, -0.1) is 0 Å². The maximum atomic E-state index is 10.9. The van der Waals surface area contributed by atoms with Crippen molar-refractivity contribution in [1.82, 2.24) is 0 Å². The fraction of sp³-hybridized carbons (Fsp3) is 0.833. The normalized spacial score (nSPS) is 46.1. The first-order chi connectivity index (χ1) is 4.79. The van der Waals surface area contributed by atoms with Gasteiger partial charge in [-0.2, -0.15) is 0 Å². The summed E-state index contributed by atoms with van der Waals surface area (Å²) in [5.41, 5.74) is 0. The zero-order chi connectivity index (χ0) is 7.14. The number of ether oxygens (including phenoxy) is 2. The second-order valence-electron chi connectivity index (χ2n) is 2.56. The molecule has 0 unspecified atom stereocenters. The largest absolute Gasteiger partial charge is 0.387 e. The molecule has 2 fully saturated rings. The van der Waals surface area contributed by atoms with Gasteiger partial charge in [-0.1, -0.05) is 0 Å². The molecule has 0 saturated carbocycles. The lowest BCUT2D eigenvalue weighted by Crippen LogP contribution is -2.44. The summed E-state index contributed by atoms with van der Waals surface area (Å²) < 4.78 is 9.95. The number of aliphatic hydroxyl groups excluding tert-OH is 1. The monoisotopic (exact) mass is 144 g/mol. The molecule has 0 aromatic rings. The first kappa shape index (κ1) is 6.27. The highest BCUT2D eigenvalue weighted by atomic mass is 16.6. The molecule has 2 heterocycles. The summed E-state index contributed by atoms with van der Waals surface area (Å²) in [5.74, 6) is -0.152. The Bertz CT molecular complexity index is 167. The van der Waals surface area contributed by atoms with Crippen LogP contribution in [0.4, 0.5) is 0 Å². The van der Waals surface area contributed by atoms with E-state index in [-0.39, 0.29) is 18.5 Å². The summed E-state index contributed by atoms with van der Waals surface area (Å²) in [6.45, 7) is 0.434. The third-order valence-electron chi connectivity index (χ3n) is 1.89. The maximum Gasteiger partial charge on any atom is 0.189 e. The molecule has 2 bridgehead atoms. The number of carbonyl (C=O) groups is 1. The van der Waals surface area contributed by atoms with Gasteiger partial charge in [-0.25, -0.2) is 0 Å². The van der Waals surface area contributed by atoms with Crippen LogP contribution in [0.3, 0.4) is 0 Å². The first-order valence-electron chi connectivity index (χ1n) is 3.23. The molecular formula is C6H8O4. The summed E-state index contributed by atoms with van der Waals surface area (Å²) >= 11 is 0. The van der Waals surface area contributed by atoms with Gasteiger partial charge in [0.15, 0.2) is 5.78 Å². The van der Waals surface area contributed by atoms with Crippen molar-refractivity contribution in [2.75, 3.05) is 13.2 Å². The molecule has 56 valence electrons. The van der Waals surface area contributed by atoms with Crippen LogP contribution in [0.2, 0.25) is 0 Å². The van der Waals surface area contributed by atoms with E-state index >= 15 is 0 Å². The summed E-state index contributed by atoms with van der Waals surface area (Å²) in [4.78, 5) is 10.9. The van der Waals surface area contributed by atoms with E-state index in [0.717, 1.165) is 0 Å². The smallest absolute Gasteiger partial charge is 0.189 e. The molecule has 0 aromatic carbocycles. The molecule has 0 aliphatic carbocycles. The van der Waals surface area contributed by atoms with Crippen molar-refractivity contribution in [3.8, 4) is 0 Å². The van der Waals surface area contributed by atoms with Crippen LogP contribution in [0, 0.1) is 0 Å². The number of ketones is 1. The zero-order valence-corrected chi connectivity index (χ0v) is 5.32. The van der Waals surface area contributed by atoms with Gasteiger partial charge in [0.05, 0.1) is 6.61 Å². The average molecular weight is 144 g/mol. The SMILES string of the molecule is O=C1CO[C@@H]2CO[C@H]1[C@@H]2O. The lowest BCUT2D eigenvalue weighted by molar-refractivity contribution is -0.144. The Hall–Kier alpha value is -0.450. The summed E-state index contributed by atoms with van der Waals surface area (Å²) in [6, 6.07) is 0. The minimum Gasteiger partial charge on any atom is -0.387 e. The lowest BCUT2D eigenvalue weighted by Gasteiger charge is -2.21. The molecule has 10 heavy (non-hydrogen) atoms. The maximum absolute atomic E-state index is 10.9. The van der Waals surface area contributed by atoms with Gasteiger partial charge in [0.1, 0.15) is 24.9 Å². The Morgan fingerprint density at radius 2 is 2.30 bits per heavy atom. The van der Waals surface area contributed by atoms with Gasteiger partial charge in [-0.05, 0) is 0 Å². The summed E-state index contributed by atoms with van der Waals surface area (Å²) in [7, 11) is 0. The zero-order valence-electron chi connectivity index (χ0n) is 5.32. The highest BCUT2D eigenvalue weighted by Crippen LogP contribution is 2.22. The van der Waals surface area contributed by atoms with Gasteiger partial charge >= 0.3 is 0 Å². The van der Waals surface area contributed by atoms with Crippen molar-refractivity contribution in [3.63, 3.8) is 0 Å². The standard InChI is InChI=1S/C6H8O4/c7-3-1-9-4-2-10-6(3)5(4)8/h4-6,8H,1-2H2/t4-,5-,6-/m1/s1. The number of Topliss-reactive ketones (excluding diaryl/α,β-unsaturated/α-hetero) is 1. The molecule has 0 amide bonds. The van der Waals surface area contributed by atoms with E-state index < -0.39 is 12.2 Å². The fourth-order valence-electron chi connectivity index (χ4n) is 1.29. The van der Waals surface area contributed by atoms with Gasteiger partial charge in [-0.3, -0.25) is 4.79 Å². The third-order valence-corrected chi connectivity index (χ3v) is 1.89. The Morgan fingerprint density at radius 1 is 1.50 bits per heavy atom. The van der Waals surface area contributed by atoms with Crippen LogP contribution in [-0.2, 0) is 14.3 Å². The molecule has 2 aliphatic rings. The molecule has 2 aliphatic heterocycles. The second kappa shape index (κ2) is 2.02. The Kier molecular flexibility index (Phi) is 1.26. The molecule has 1 N–H and O–H groups in total. The minimum atomic E-state index is -0.735. The molecule has 0 aromatic heterocycles. The van der Waals surface area contributed by atoms with E-state index in [1.165, 1.54) is 0 Å². The van der Waals surface area contributed by atoms with E-state index in [1.807, 2.05) is 0 Å². The second-order valence-corrected chi connectivity index (χ2v) is 2.56. The molecule has 3 atom stereocenters. The van der Waals surface area contributed by atoms with Crippen LogP contribution < -0.4 is 0 Å². The van der Waals surface area contributed by atoms with Crippen LogP contribution in [0.1, 0.15) is 0 Å². The Morgan fingerprint density at radius 3 is 3.00 bits per heavy atom. The molecule has 4 nitrogen and oxygen atoms in total. The van der Waals surface area contributed by atoms with E-state index in [0.29, 0.717) is 6.61 Å². The summed E-state index contributed by atoms with van der Waals surface area (Å²) in [6.07, 6.45) is -1.62. The molecule has 0 spiro atoms. The minimum absolute atomic E-state index is 0.0897. The molecule has 2 saturated heterocycles. The number of rotatable bonds is 0. The van der Waals surface area contributed by atoms with Crippen molar-refractivity contribution >= 4 is 5.78 Å². The number of fused-ring (bicyclic) bond motifs is 2. The van der Waals surface area contributed by atoms with Crippen LogP contribution in [-0.4, -0.2) is 42.4 Å². The first-order valence-corrected chi connectivity index (χ1v) is 3.23. The van der Waals surface area contributed by atoms with Crippen LogP contribution in [0.15, 0.2) is 0 Å². The summed E-state index contributed by atoms with van der Waals surface area (Å²) in [5, 5.41) is 9.21. The van der Waals surface area contributed by atoms with Crippen molar-refractivity contribution in [1.29, 1.82) is 0 Å².